The number of fused-ring (bicyclic) bond motifs is 1. The minimum Gasteiger partial charge on any atom is -0.339 e. The fourth-order valence-electron chi connectivity index (χ4n) is 3.14. The van der Waals surface area contributed by atoms with E-state index in [0.717, 1.165) is 49.2 Å². The van der Waals surface area contributed by atoms with Crippen molar-refractivity contribution < 1.29 is 9.59 Å². The Hall–Kier alpha value is -1.36. The molecular formula is C18H28N2O2S. The van der Waals surface area contributed by atoms with Gasteiger partial charge in [0, 0.05) is 24.9 Å². The molecule has 1 aliphatic rings. The summed E-state index contributed by atoms with van der Waals surface area (Å²) in [5.74, 6) is 0.621. The molecule has 5 heteroatoms. The normalized spacial score (nSPS) is 16.8. The van der Waals surface area contributed by atoms with Gasteiger partial charge in [0.2, 0.25) is 5.91 Å². The SMILES string of the molecule is CCCCN(CC)C(=O)c1c(NC(C)=O)sc2c1CC[C@@H](C)C2. The van der Waals surface area contributed by atoms with Gasteiger partial charge in [-0.2, -0.15) is 0 Å². The van der Waals surface area contributed by atoms with Crippen LogP contribution in [-0.4, -0.2) is 29.8 Å². The van der Waals surface area contributed by atoms with Crippen LogP contribution in [0.4, 0.5) is 5.00 Å². The van der Waals surface area contributed by atoms with Crippen LogP contribution in [0.5, 0.6) is 0 Å². The van der Waals surface area contributed by atoms with Crippen molar-refractivity contribution in [1.82, 2.24) is 4.90 Å². The summed E-state index contributed by atoms with van der Waals surface area (Å²) in [6.07, 6.45) is 5.16. The van der Waals surface area contributed by atoms with Gasteiger partial charge in [0.05, 0.1) is 5.56 Å². The maximum atomic E-state index is 13.1. The molecule has 4 nitrogen and oxygen atoms in total. The molecule has 1 heterocycles. The largest absolute Gasteiger partial charge is 0.339 e. The number of amides is 2. The molecule has 0 aliphatic heterocycles. The predicted octanol–water partition coefficient (Wildman–Crippen LogP) is 4.09. The standard InChI is InChI=1S/C18H28N2O2S/c1-5-7-10-20(6-2)18(22)16-14-9-8-12(3)11-15(14)23-17(16)19-13(4)21/h12H,5-11H2,1-4H3,(H,19,21)/t12-/m1/s1. The number of thiophene rings is 1. The van der Waals surface area contributed by atoms with Gasteiger partial charge in [-0.05, 0) is 44.1 Å². The molecule has 0 unspecified atom stereocenters. The number of hydrogen-bond acceptors (Lipinski definition) is 3. The van der Waals surface area contributed by atoms with E-state index < -0.39 is 0 Å². The van der Waals surface area contributed by atoms with Crippen LogP contribution in [0.3, 0.4) is 0 Å². The van der Waals surface area contributed by atoms with Gasteiger partial charge in [-0.1, -0.05) is 20.3 Å². The van der Waals surface area contributed by atoms with Crippen molar-refractivity contribution in [2.45, 2.75) is 59.8 Å². The van der Waals surface area contributed by atoms with Crippen LogP contribution in [0.25, 0.3) is 0 Å². The molecular weight excluding hydrogens is 308 g/mol. The second kappa shape index (κ2) is 7.95. The Morgan fingerprint density at radius 3 is 2.70 bits per heavy atom. The molecule has 128 valence electrons. The number of anilines is 1. The third kappa shape index (κ3) is 4.14. The Morgan fingerprint density at radius 2 is 2.09 bits per heavy atom. The molecule has 2 amide bonds. The lowest BCUT2D eigenvalue weighted by atomic mass is 9.88. The van der Waals surface area contributed by atoms with E-state index in [1.165, 1.54) is 17.4 Å². The molecule has 1 atom stereocenters. The molecule has 1 aromatic heterocycles. The highest BCUT2D eigenvalue weighted by Gasteiger charge is 2.29. The number of unbranched alkanes of at least 4 members (excludes halogenated alkanes) is 1. The van der Waals surface area contributed by atoms with Crippen LogP contribution in [0.2, 0.25) is 0 Å². The number of carbonyl (C=O) groups is 2. The summed E-state index contributed by atoms with van der Waals surface area (Å²) in [5, 5.41) is 3.64. The molecule has 0 spiro atoms. The highest BCUT2D eigenvalue weighted by atomic mass is 32.1. The first-order valence-electron chi connectivity index (χ1n) is 8.69. The van der Waals surface area contributed by atoms with Crippen LogP contribution < -0.4 is 5.32 Å². The molecule has 0 radical (unpaired) electrons. The lowest BCUT2D eigenvalue weighted by Gasteiger charge is -2.23. The monoisotopic (exact) mass is 336 g/mol. The third-order valence-corrected chi connectivity index (χ3v) is 5.64. The first-order chi connectivity index (χ1) is 11.0. The zero-order chi connectivity index (χ0) is 17.0. The highest BCUT2D eigenvalue weighted by Crippen LogP contribution is 2.40. The maximum absolute atomic E-state index is 13.1. The second-order valence-electron chi connectivity index (χ2n) is 6.48. The van der Waals surface area contributed by atoms with Crippen molar-refractivity contribution in [3.05, 3.63) is 16.0 Å². The zero-order valence-electron chi connectivity index (χ0n) is 14.7. The Bertz CT molecular complexity index is 580. The Morgan fingerprint density at radius 1 is 1.35 bits per heavy atom. The quantitative estimate of drug-likeness (QED) is 0.850. The first-order valence-corrected chi connectivity index (χ1v) is 9.50. The smallest absolute Gasteiger partial charge is 0.257 e. The van der Waals surface area contributed by atoms with Gasteiger partial charge in [0.25, 0.3) is 5.91 Å². The van der Waals surface area contributed by atoms with E-state index in [1.807, 2.05) is 11.8 Å². The maximum Gasteiger partial charge on any atom is 0.257 e. The molecule has 0 saturated carbocycles. The summed E-state index contributed by atoms with van der Waals surface area (Å²) in [4.78, 5) is 27.8. The average Bonchev–Trinajstić information content (AvgIpc) is 2.83. The van der Waals surface area contributed by atoms with Crippen LogP contribution in [0, 0.1) is 5.92 Å². The first kappa shape index (κ1) is 18.0. The van der Waals surface area contributed by atoms with Crippen LogP contribution in [0.15, 0.2) is 0 Å². The van der Waals surface area contributed by atoms with E-state index >= 15 is 0 Å². The topological polar surface area (TPSA) is 49.4 Å². The molecule has 1 N–H and O–H groups in total. The van der Waals surface area contributed by atoms with E-state index in [1.54, 1.807) is 11.3 Å². The summed E-state index contributed by atoms with van der Waals surface area (Å²) in [6, 6.07) is 0. The number of nitrogens with one attached hydrogen (secondary N) is 1. The Balaban J connectivity index is 2.37. The van der Waals surface area contributed by atoms with Crippen molar-refractivity contribution in [3.63, 3.8) is 0 Å². The molecule has 0 fully saturated rings. The minimum atomic E-state index is -0.109. The summed E-state index contributed by atoms with van der Waals surface area (Å²) < 4.78 is 0. The molecule has 0 bridgehead atoms. The van der Waals surface area contributed by atoms with E-state index in [4.69, 9.17) is 0 Å². The van der Waals surface area contributed by atoms with Gasteiger partial charge >= 0.3 is 0 Å². The van der Waals surface area contributed by atoms with Crippen molar-refractivity contribution in [3.8, 4) is 0 Å². The fraction of sp³-hybridized carbons (Fsp3) is 0.667. The number of carbonyl (C=O) groups excluding carboxylic acids is 2. The predicted molar refractivity (Wildman–Crippen MR) is 96.3 cm³/mol. The molecule has 23 heavy (non-hydrogen) atoms. The third-order valence-electron chi connectivity index (χ3n) is 4.47. The molecule has 0 saturated heterocycles. The van der Waals surface area contributed by atoms with Crippen molar-refractivity contribution in [1.29, 1.82) is 0 Å². The van der Waals surface area contributed by atoms with Crippen molar-refractivity contribution in [2.24, 2.45) is 5.92 Å². The minimum absolute atomic E-state index is 0.0803. The van der Waals surface area contributed by atoms with E-state index in [9.17, 15) is 9.59 Å². The van der Waals surface area contributed by atoms with Crippen LogP contribution >= 0.6 is 11.3 Å². The number of nitrogens with zero attached hydrogens (tertiary/aromatic N) is 1. The molecule has 0 aromatic carbocycles. The van der Waals surface area contributed by atoms with Gasteiger partial charge in [0.1, 0.15) is 5.00 Å². The van der Waals surface area contributed by atoms with Crippen LogP contribution in [-0.2, 0) is 17.6 Å². The lowest BCUT2D eigenvalue weighted by Crippen LogP contribution is -2.33. The molecule has 1 aliphatic carbocycles. The number of rotatable bonds is 6. The average molecular weight is 337 g/mol. The highest BCUT2D eigenvalue weighted by molar-refractivity contribution is 7.17. The van der Waals surface area contributed by atoms with Gasteiger partial charge in [-0.25, -0.2) is 0 Å². The van der Waals surface area contributed by atoms with E-state index in [-0.39, 0.29) is 11.8 Å². The summed E-state index contributed by atoms with van der Waals surface area (Å²) in [7, 11) is 0. The van der Waals surface area contributed by atoms with Gasteiger partial charge < -0.3 is 10.2 Å². The van der Waals surface area contributed by atoms with E-state index in [0.29, 0.717) is 12.5 Å². The van der Waals surface area contributed by atoms with Gasteiger partial charge in [-0.15, -0.1) is 11.3 Å². The van der Waals surface area contributed by atoms with Crippen molar-refractivity contribution in [2.75, 3.05) is 18.4 Å². The Kier molecular flexibility index (Phi) is 6.22. The molecule has 2 rings (SSSR count). The summed E-state index contributed by atoms with van der Waals surface area (Å²) in [5.41, 5.74) is 1.93. The lowest BCUT2D eigenvalue weighted by molar-refractivity contribution is -0.114. The Labute approximate surface area is 143 Å². The van der Waals surface area contributed by atoms with Crippen molar-refractivity contribution >= 4 is 28.2 Å². The van der Waals surface area contributed by atoms with Crippen LogP contribution in [0.1, 0.15) is 67.8 Å². The number of hydrogen-bond donors (Lipinski definition) is 1. The summed E-state index contributed by atoms with van der Waals surface area (Å²) in [6.45, 7) is 9.40. The second-order valence-corrected chi connectivity index (χ2v) is 7.58. The van der Waals surface area contributed by atoms with E-state index in [2.05, 4.69) is 19.2 Å². The van der Waals surface area contributed by atoms with Gasteiger partial charge in [-0.3, -0.25) is 9.59 Å². The molecule has 1 aromatic rings. The fourth-order valence-corrected chi connectivity index (χ4v) is 4.58. The summed E-state index contributed by atoms with van der Waals surface area (Å²) >= 11 is 1.59. The zero-order valence-corrected chi connectivity index (χ0v) is 15.5. The van der Waals surface area contributed by atoms with Gasteiger partial charge in [0.15, 0.2) is 0 Å².